The second kappa shape index (κ2) is 6.87. The molecule has 142 valence electrons. The van der Waals surface area contributed by atoms with E-state index in [1.807, 2.05) is 4.90 Å². The van der Waals surface area contributed by atoms with Crippen LogP contribution < -0.4 is 5.32 Å². The zero-order chi connectivity index (χ0) is 18.2. The lowest BCUT2D eigenvalue weighted by Crippen LogP contribution is -2.50. The van der Waals surface area contributed by atoms with Crippen molar-refractivity contribution in [3.8, 4) is 0 Å². The molecule has 3 fully saturated rings. The van der Waals surface area contributed by atoms with Gasteiger partial charge in [0, 0.05) is 12.6 Å². The van der Waals surface area contributed by atoms with Gasteiger partial charge in [0.15, 0.2) is 9.84 Å². The molecular weight excluding hydrogens is 342 g/mol. The number of amides is 3. The molecule has 3 aliphatic rings. The quantitative estimate of drug-likeness (QED) is 0.737. The van der Waals surface area contributed by atoms with Crippen molar-refractivity contribution in [2.75, 3.05) is 24.7 Å². The lowest BCUT2D eigenvalue weighted by atomic mass is 9.82. The summed E-state index contributed by atoms with van der Waals surface area (Å²) < 4.78 is 23.7. The van der Waals surface area contributed by atoms with Crippen LogP contribution in [0.3, 0.4) is 0 Å². The minimum Gasteiger partial charge on any atom is -0.323 e. The lowest BCUT2D eigenvalue weighted by Gasteiger charge is -2.33. The molecule has 2 heterocycles. The molecule has 8 heteroatoms. The predicted molar refractivity (Wildman–Crippen MR) is 94.7 cm³/mol. The summed E-state index contributed by atoms with van der Waals surface area (Å²) in [7, 11) is -3.01. The Kier molecular flexibility index (Phi) is 5.12. The van der Waals surface area contributed by atoms with E-state index in [9.17, 15) is 18.0 Å². The minimum atomic E-state index is -3.01. The van der Waals surface area contributed by atoms with Crippen LogP contribution in [0.25, 0.3) is 0 Å². The number of imide groups is 1. The van der Waals surface area contributed by atoms with Gasteiger partial charge in [0.25, 0.3) is 5.91 Å². The SMILES string of the molecule is CC(C)CN(CN1C(=O)NC2(CCCCC2)C1=O)[C@H]1CCS(=O)(=O)C1. The van der Waals surface area contributed by atoms with Gasteiger partial charge in [0.05, 0.1) is 18.2 Å². The van der Waals surface area contributed by atoms with Crippen LogP contribution >= 0.6 is 0 Å². The van der Waals surface area contributed by atoms with Crippen molar-refractivity contribution in [1.82, 2.24) is 15.1 Å². The Morgan fingerprint density at radius 1 is 1.24 bits per heavy atom. The fraction of sp³-hybridized carbons (Fsp3) is 0.882. The van der Waals surface area contributed by atoms with Crippen molar-refractivity contribution in [3.05, 3.63) is 0 Å². The zero-order valence-corrected chi connectivity index (χ0v) is 16.0. The van der Waals surface area contributed by atoms with Crippen LogP contribution in [0.4, 0.5) is 4.79 Å². The van der Waals surface area contributed by atoms with Crippen molar-refractivity contribution < 1.29 is 18.0 Å². The molecule has 2 saturated heterocycles. The maximum atomic E-state index is 13.0. The van der Waals surface area contributed by atoms with E-state index < -0.39 is 15.4 Å². The average Bonchev–Trinajstić information content (AvgIpc) is 3.00. The molecule has 25 heavy (non-hydrogen) atoms. The third-order valence-corrected chi connectivity index (χ3v) is 7.35. The number of hydrogen-bond donors (Lipinski definition) is 1. The van der Waals surface area contributed by atoms with Crippen LogP contribution in [0.15, 0.2) is 0 Å². The van der Waals surface area contributed by atoms with E-state index in [0.717, 1.165) is 19.3 Å². The van der Waals surface area contributed by atoms with Gasteiger partial charge in [0.2, 0.25) is 0 Å². The van der Waals surface area contributed by atoms with Gasteiger partial charge in [-0.1, -0.05) is 33.1 Å². The lowest BCUT2D eigenvalue weighted by molar-refractivity contribution is -0.134. The molecule has 3 amide bonds. The number of nitrogens with zero attached hydrogens (tertiary/aromatic N) is 2. The molecule has 0 radical (unpaired) electrons. The number of nitrogens with one attached hydrogen (secondary N) is 1. The Bertz CT molecular complexity index is 640. The predicted octanol–water partition coefficient (Wildman–Crippen LogP) is 1.34. The van der Waals surface area contributed by atoms with E-state index in [2.05, 4.69) is 19.2 Å². The molecule has 7 nitrogen and oxygen atoms in total. The second-order valence-corrected chi connectivity index (χ2v) is 10.4. The Balaban J connectivity index is 1.75. The molecule has 0 aromatic heterocycles. The van der Waals surface area contributed by atoms with Crippen LogP contribution in [0.2, 0.25) is 0 Å². The highest BCUT2D eigenvalue weighted by Crippen LogP contribution is 2.34. The van der Waals surface area contributed by atoms with Gasteiger partial charge in [-0.15, -0.1) is 0 Å². The number of sulfone groups is 1. The molecular formula is C17H29N3O4S. The van der Waals surface area contributed by atoms with Crippen LogP contribution in [-0.2, 0) is 14.6 Å². The van der Waals surface area contributed by atoms with Crippen LogP contribution in [0, 0.1) is 5.92 Å². The summed E-state index contributed by atoms with van der Waals surface area (Å²) in [5.74, 6) is 0.504. The highest BCUT2D eigenvalue weighted by Gasteiger charge is 2.52. The van der Waals surface area contributed by atoms with Gasteiger partial charge >= 0.3 is 6.03 Å². The summed E-state index contributed by atoms with van der Waals surface area (Å²) in [6, 6.07) is -0.447. The fourth-order valence-electron chi connectivity index (χ4n) is 4.34. The van der Waals surface area contributed by atoms with Crippen molar-refractivity contribution in [3.63, 3.8) is 0 Å². The summed E-state index contributed by atoms with van der Waals surface area (Å²) in [6.45, 7) is 4.98. The molecule has 2 aliphatic heterocycles. The van der Waals surface area contributed by atoms with Crippen LogP contribution in [0.5, 0.6) is 0 Å². The van der Waals surface area contributed by atoms with Crippen molar-refractivity contribution in [1.29, 1.82) is 0 Å². The maximum absolute atomic E-state index is 13.0. The van der Waals surface area contributed by atoms with Crippen molar-refractivity contribution in [2.45, 2.75) is 64.0 Å². The zero-order valence-electron chi connectivity index (χ0n) is 15.2. The van der Waals surface area contributed by atoms with Gasteiger partial charge in [-0.3, -0.25) is 9.69 Å². The summed E-state index contributed by atoms with van der Waals surface area (Å²) in [5, 5.41) is 2.93. The smallest absolute Gasteiger partial charge is 0.323 e. The molecule has 0 aromatic rings. The van der Waals surface area contributed by atoms with Gasteiger partial charge < -0.3 is 5.32 Å². The molecule has 1 aliphatic carbocycles. The molecule has 0 aromatic carbocycles. The number of carbonyl (C=O) groups is 2. The van der Waals surface area contributed by atoms with Gasteiger partial charge in [-0.25, -0.2) is 18.1 Å². The van der Waals surface area contributed by atoms with Gasteiger partial charge in [-0.05, 0) is 25.2 Å². The highest BCUT2D eigenvalue weighted by molar-refractivity contribution is 7.91. The van der Waals surface area contributed by atoms with E-state index in [4.69, 9.17) is 0 Å². The molecule has 0 bridgehead atoms. The number of hydrogen-bond acceptors (Lipinski definition) is 5. The monoisotopic (exact) mass is 371 g/mol. The largest absolute Gasteiger partial charge is 0.326 e. The number of urea groups is 1. The Morgan fingerprint density at radius 3 is 2.48 bits per heavy atom. The van der Waals surface area contributed by atoms with Crippen molar-refractivity contribution in [2.24, 2.45) is 5.92 Å². The van der Waals surface area contributed by atoms with E-state index in [0.29, 0.717) is 31.7 Å². The third-order valence-electron chi connectivity index (χ3n) is 5.60. The maximum Gasteiger partial charge on any atom is 0.326 e. The minimum absolute atomic E-state index is 0.115. The topological polar surface area (TPSA) is 86.8 Å². The molecule has 1 N–H and O–H groups in total. The Morgan fingerprint density at radius 2 is 1.92 bits per heavy atom. The molecule has 3 rings (SSSR count). The van der Waals surface area contributed by atoms with E-state index >= 15 is 0 Å². The van der Waals surface area contributed by atoms with Gasteiger partial charge in [0.1, 0.15) is 5.54 Å². The first-order valence-corrected chi connectivity index (χ1v) is 11.1. The number of carbonyl (C=O) groups excluding carboxylic acids is 2. The van der Waals surface area contributed by atoms with E-state index in [1.54, 1.807) is 0 Å². The average molecular weight is 372 g/mol. The van der Waals surface area contributed by atoms with E-state index in [1.165, 1.54) is 4.90 Å². The molecule has 1 spiro atoms. The normalized spacial score (nSPS) is 28.3. The summed E-state index contributed by atoms with van der Waals surface area (Å²) in [4.78, 5) is 28.7. The summed E-state index contributed by atoms with van der Waals surface area (Å²) in [5.41, 5.74) is -0.722. The highest BCUT2D eigenvalue weighted by atomic mass is 32.2. The first kappa shape index (κ1) is 18.6. The van der Waals surface area contributed by atoms with Crippen molar-refractivity contribution >= 4 is 21.8 Å². The Labute approximate surface area is 150 Å². The molecule has 0 unspecified atom stereocenters. The second-order valence-electron chi connectivity index (χ2n) is 8.17. The fourth-order valence-corrected chi connectivity index (χ4v) is 6.10. The molecule has 1 saturated carbocycles. The van der Waals surface area contributed by atoms with E-state index in [-0.39, 0.29) is 36.2 Å². The first-order valence-electron chi connectivity index (χ1n) is 9.31. The van der Waals surface area contributed by atoms with Crippen LogP contribution in [0.1, 0.15) is 52.4 Å². The Hall–Kier alpha value is -1.15. The first-order chi connectivity index (χ1) is 11.7. The number of rotatable bonds is 5. The summed E-state index contributed by atoms with van der Waals surface area (Å²) >= 11 is 0. The standard InChI is InChI=1S/C17H29N3O4S/c1-13(2)10-19(14-6-9-25(23,24)11-14)12-20-15(21)17(18-16(20)22)7-4-3-5-8-17/h13-14H,3-12H2,1-2H3,(H,18,22)/t14-/m0/s1. The molecule has 1 atom stereocenters. The van der Waals surface area contributed by atoms with Gasteiger partial charge in [-0.2, -0.15) is 0 Å². The third kappa shape index (κ3) is 3.84. The summed E-state index contributed by atoms with van der Waals surface area (Å²) in [6.07, 6.45) is 4.99. The van der Waals surface area contributed by atoms with Crippen LogP contribution in [-0.4, -0.2) is 66.5 Å².